The molecule has 0 radical (unpaired) electrons. The maximum Gasteiger partial charge on any atom is 0.406 e. The van der Waals surface area contributed by atoms with E-state index in [1.54, 1.807) is 0 Å². The van der Waals surface area contributed by atoms with Crippen molar-refractivity contribution in [1.82, 2.24) is 4.90 Å². The molecular formula is C16H15F3N2O6. The van der Waals surface area contributed by atoms with E-state index in [-0.39, 0.29) is 22.9 Å². The molecule has 2 aromatic rings. The number of non-ortho nitro benzene ring substituents is 1. The van der Waals surface area contributed by atoms with Gasteiger partial charge in [-0.2, -0.15) is 13.2 Å². The predicted octanol–water partition coefficient (Wildman–Crippen LogP) is 3.17. The number of nitro groups is 1. The second-order valence-electron chi connectivity index (χ2n) is 5.33. The van der Waals surface area contributed by atoms with Crippen molar-refractivity contribution in [3.05, 3.63) is 52.5 Å². The van der Waals surface area contributed by atoms with Gasteiger partial charge in [-0.1, -0.05) is 0 Å². The Morgan fingerprint density at radius 1 is 1.30 bits per heavy atom. The summed E-state index contributed by atoms with van der Waals surface area (Å²) in [4.78, 5) is 22.9. The minimum absolute atomic E-state index is 0.0989. The van der Waals surface area contributed by atoms with Crippen molar-refractivity contribution in [2.24, 2.45) is 0 Å². The van der Waals surface area contributed by atoms with Crippen LogP contribution in [-0.2, 0) is 11.3 Å². The number of methoxy groups -OCH3 is 1. The summed E-state index contributed by atoms with van der Waals surface area (Å²) < 4.78 is 53.4. The van der Waals surface area contributed by atoms with E-state index < -0.39 is 36.7 Å². The summed E-state index contributed by atoms with van der Waals surface area (Å²) in [5.74, 6) is -0.843. The molecule has 0 aliphatic rings. The number of hydrogen-bond acceptors (Lipinski definition) is 6. The summed E-state index contributed by atoms with van der Waals surface area (Å²) in [7, 11) is 1.28. The molecule has 0 aliphatic carbocycles. The summed E-state index contributed by atoms with van der Waals surface area (Å²) >= 11 is 0. The number of benzene rings is 1. The molecule has 0 atom stereocenters. The average molecular weight is 388 g/mol. The summed E-state index contributed by atoms with van der Waals surface area (Å²) in [6.07, 6.45) is -3.35. The number of hydrogen-bond donors (Lipinski definition) is 0. The van der Waals surface area contributed by atoms with Crippen LogP contribution in [0.3, 0.4) is 0 Å². The number of carbonyl (C=O) groups excluding carboxylic acids is 1. The highest BCUT2D eigenvalue weighted by Crippen LogP contribution is 2.31. The third kappa shape index (κ3) is 5.90. The van der Waals surface area contributed by atoms with Crippen LogP contribution in [0.15, 0.2) is 41.0 Å². The molecule has 0 saturated heterocycles. The van der Waals surface area contributed by atoms with Gasteiger partial charge in [0.05, 0.1) is 30.9 Å². The van der Waals surface area contributed by atoms with Crippen molar-refractivity contribution in [3.63, 3.8) is 0 Å². The van der Waals surface area contributed by atoms with Gasteiger partial charge >= 0.3 is 6.18 Å². The van der Waals surface area contributed by atoms with Crippen molar-refractivity contribution >= 4 is 11.6 Å². The summed E-state index contributed by atoms with van der Waals surface area (Å²) in [5.41, 5.74) is -0.319. The average Bonchev–Trinajstić information content (AvgIpc) is 3.10. The molecule has 0 spiro atoms. The fourth-order valence-corrected chi connectivity index (χ4v) is 2.16. The zero-order valence-corrected chi connectivity index (χ0v) is 14.1. The first-order valence-corrected chi connectivity index (χ1v) is 7.51. The first-order valence-electron chi connectivity index (χ1n) is 7.51. The smallest absolute Gasteiger partial charge is 0.406 e. The van der Waals surface area contributed by atoms with Gasteiger partial charge in [0.2, 0.25) is 0 Å². The normalized spacial score (nSPS) is 11.1. The van der Waals surface area contributed by atoms with E-state index in [4.69, 9.17) is 13.9 Å². The third-order valence-corrected chi connectivity index (χ3v) is 3.36. The minimum Gasteiger partial charge on any atom is -0.493 e. The Labute approximate surface area is 151 Å². The Balaban J connectivity index is 2.12. The molecule has 0 saturated carbocycles. The Kier molecular flexibility index (Phi) is 6.27. The van der Waals surface area contributed by atoms with Crippen LogP contribution >= 0.6 is 0 Å². The monoisotopic (exact) mass is 388 g/mol. The van der Waals surface area contributed by atoms with E-state index in [9.17, 15) is 28.1 Å². The maximum absolute atomic E-state index is 12.8. The number of ether oxygens (including phenoxy) is 2. The largest absolute Gasteiger partial charge is 0.493 e. The van der Waals surface area contributed by atoms with E-state index in [0.717, 1.165) is 6.07 Å². The summed E-state index contributed by atoms with van der Waals surface area (Å²) in [6, 6.07) is 6.36. The molecule has 1 amide bonds. The Morgan fingerprint density at radius 3 is 2.59 bits per heavy atom. The van der Waals surface area contributed by atoms with Gasteiger partial charge in [0.1, 0.15) is 12.3 Å². The zero-order valence-electron chi connectivity index (χ0n) is 14.1. The highest BCUT2D eigenvalue weighted by atomic mass is 19.4. The van der Waals surface area contributed by atoms with E-state index in [2.05, 4.69) is 0 Å². The molecule has 11 heteroatoms. The number of nitrogens with zero attached hydrogens (tertiary/aromatic N) is 2. The Hall–Kier alpha value is -3.24. The Bertz CT molecular complexity index is 792. The van der Waals surface area contributed by atoms with E-state index in [1.807, 2.05) is 0 Å². The van der Waals surface area contributed by atoms with Gasteiger partial charge in [0, 0.05) is 6.07 Å². The van der Waals surface area contributed by atoms with Gasteiger partial charge in [-0.25, -0.2) is 0 Å². The van der Waals surface area contributed by atoms with Gasteiger partial charge in [-0.15, -0.1) is 0 Å². The van der Waals surface area contributed by atoms with Crippen LogP contribution in [0.25, 0.3) is 0 Å². The standard InChI is InChI=1S/C16H15F3N2O6/c1-25-13-5-4-11(21(23)24)7-14(13)27-9-15(22)20(10-16(17,18)19)8-12-3-2-6-26-12/h2-7H,8-10H2,1H3. The zero-order chi connectivity index (χ0) is 20.0. The molecule has 0 unspecified atom stereocenters. The van der Waals surface area contributed by atoms with Crippen LogP contribution in [-0.4, -0.2) is 42.2 Å². The van der Waals surface area contributed by atoms with Crippen LogP contribution in [0.1, 0.15) is 5.76 Å². The molecule has 2 rings (SSSR count). The van der Waals surface area contributed by atoms with Gasteiger partial charge in [0.15, 0.2) is 18.1 Å². The third-order valence-electron chi connectivity index (χ3n) is 3.36. The predicted molar refractivity (Wildman–Crippen MR) is 85.3 cm³/mol. The molecule has 1 heterocycles. The number of carbonyl (C=O) groups is 1. The summed E-state index contributed by atoms with van der Waals surface area (Å²) in [6.45, 7) is -2.67. The van der Waals surface area contributed by atoms with Crippen molar-refractivity contribution in [1.29, 1.82) is 0 Å². The number of nitro benzene ring substituents is 1. The lowest BCUT2D eigenvalue weighted by Gasteiger charge is -2.23. The fourth-order valence-electron chi connectivity index (χ4n) is 2.16. The summed E-state index contributed by atoms with van der Waals surface area (Å²) in [5, 5.41) is 10.8. The Morgan fingerprint density at radius 2 is 2.04 bits per heavy atom. The first-order chi connectivity index (χ1) is 12.7. The van der Waals surface area contributed by atoms with Crippen LogP contribution in [0.4, 0.5) is 18.9 Å². The SMILES string of the molecule is COc1ccc([N+](=O)[O-])cc1OCC(=O)N(Cc1ccco1)CC(F)(F)F. The lowest BCUT2D eigenvalue weighted by atomic mass is 10.3. The molecule has 146 valence electrons. The number of rotatable bonds is 8. The molecule has 0 bridgehead atoms. The van der Waals surface area contributed by atoms with Gasteiger partial charge < -0.3 is 18.8 Å². The fraction of sp³-hybridized carbons (Fsp3) is 0.312. The van der Waals surface area contributed by atoms with Crippen molar-refractivity contribution < 1.29 is 36.8 Å². The molecule has 27 heavy (non-hydrogen) atoms. The maximum atomic E-state index is 12.8. The molecule has 0 fully saturated rings. The van der Waals surface area contributed by atoms with Gasteiger partial charge in [-0.05, 0) is 18.2 Å². The minimum atomic E-state index is -4.62. The molecular weight excluding hydrogens is 373 g/mol. The number of furan rings is 1. The second-order valence-corrected chi connectivity index (χ2v) is 5.33. The molecule has 0 aliphatic heterocycles. The first kappa shape index (κ1) is 20.1. The van der Waals surface area contributed by atoms with Gasteiger partial charge in [0.25, 0.3) is 11.6 Å². The highest BCUT2D eigenvalue weighted by Gasteiger charge is 2.33. The quantitative estimate of drug-likeness (QED) is 0.509. The molecule has 1 aromatic heterocycles. The van der Waals surface area contributed by atoms with E-state index >= 15 is 0 Å². The van der Waals surface area contributed by atoms with Crippen molar-refractivity contribution in [2.45, 2.75) is 12.7 Å². The van der Waals surface area contributed by atoms with Gasteiger partial charge in [-0.3, -0.25) is 14.9 Å². The van der Waals surface area contributed by atoms with E-state index in [0.29, 0.717) is 4.90 Å². The number of amides is 1. The highest BCUT2D eigenvalue weighted by molar-refractivity contribution is 5.78. The molecule has 0 N–H and O–H groups in total. The second kappa shape index (κ2) is 8.43. The van der Waals surface area contributed by atoms with Crippen LogP contribution in [0.5, 0.6) is 11.5 Å². The lowest BCUT2D eigenvalue weighted by Crippen LogP contribution is -2.40. The van der Waals surface area contributed by atoms with Crippen molar-refractivity contribution in [3.8, 4) is 11.5 Å². The number of halogens is 3. The lowest BCUT2D eigenvalue weighted by molar-refractivity contribution is -0.385. The molecule has 1 aromatic carbocycles. The van der Waals surface area contributed by atoms with E-state index in [1.165, 1.54) is 37.6 Å². The van der Waals surface area contributed by atoms with Crippen molar-refractivity contribution in [2.75, 3.05) is 20.3 Å². The van der Waals surface area contributed by atoms with Crippen LogP contribution < -0.4 is 9.47 Å². The van der Waals surface area contributed by atoms with Crippen LogP contribution in [0, 0.1) is 10.1 Å². The molecule has 8 nitrogen and oxygen atoms in total. The topological polar surface area (TPSA) is 95.1 Å². The van der Waals surface area contributed by atoms with Crippen LogP contribution in [0.2, 0.25) is 0 Å². The number of alkyl halides is 3.